The molecule has 0 N–H and O–H groups in total. The maximum absolute atomic E-state index is 11.3. The zero-order valence-electron chi connectivity index (χ0n) is 17.2. The molecular formula is C19H19N2NaO6S2. The van der Waals surface area contributed by atoms with Gasteiger partial charge in [-0.1, -0.05) is 0 Å². The summed E-state index contributed by atoms with van der Waals surface area (Å²) in [5, 5.41) is 0. The number of nitrogens with zero attached hydrogens (tertiary/aromatic N) is 2. The fraction of sp³-hybridized carbons (Fsp3) is 0.211. The maximum atomic E-state index is 11.3. The summed E-state index contributed by atoms with van der Waals surface area (Å²) in [7, 11) is -9.10. The van der Waals surface area contributed by atoms with Crippen molar-refractivity contribution in [1.82, 2.24) is 4.57 Å². The summed E-state index contributed by atoms with van der Waals surface area (Å²) < 4.78 is 71.5. The number of rotatable bonds is 4. The second-order valence-corrected chi connectivity index (χ2v) is 9.71. The standard InChI is InChI=1S/C19H20N2O6S2.Na/c1-12-7-16(28(22,23)24)8-13(2)18(12)20-5-6-21(11-20)19-14(3)9-17(10-15(19)4)29(25,26)27;/h5-11H,1-4H3,(H-,22,23,24,25,26,27);/q;+1/p-1. The van der Waals surface area contributed by atoms with E-state index < -0.39 is 20.2 Å². The molecule has 0 saturated carbocycles. The summed E-state index contributed by atoms with van der Waals surface area (Å²) in [6.07, 6.45) is 5.27. The monoisotopic (exact) mass is 458 g/mol. The molecule has 11 heteroatoms. The van der Waals surface area contributed by atoms with E-state index in [9.17, 15) is 25.9 Å². The Morgan fingerprint density at radius 3 is 1.57 bits per heavy atom. The number of aryl methyl sites for hydroxylation is 4. The first kappa shape index (κ1) is 24.7. The SMILES string of the molecule is Cc1cc(S(=O)(=O)[O-])cc(C)c1-n1cc[n+](-c2c(C)cc(S(=O)(=O)[O-])cc2C)c1.[Na+]. The zero-order valence-corrected chi connectivity index (χ0v) is 20.8. The van der Waals surface area contributed by atoms with Crippen molar-refractivity contribution in [1.29, 1.82) is 0 Å². The van der Waals surface area contributed by atoms with E-state index in [1.165, 1.54) is 24.3 Å². The molecule has 0 aliphatic heterocycles. The van der Waals surface area contributed by atoms with Crippen LogP contribution in [0, 0.1) is 27.7 Å². The summed E-state index contributed by atoms with van der Waals surface area (Å²) in [4.78, 5) is -0.560. The summed E-state index contributed by atoms with van der Waals surface area (Å²) in [6.45, 7) is 6.86. The summed E-state index contributed by atoms with van der Waals surface area (Å²) in [5.74, 6) is 0. The van der Waals surface area contributed by atoms with Gasteiger partial charge in [0, 0.05) is 0 Å². The first-order chi connectivity index (χ1) is 13.3. The van der Waals surface area contributed by atoms with Gasteiger partial charge >= 0.3 is 29.6 Å². The summed E-state index contributed by atoms with van der Waals surface area (Å²) in [6, 6.07) is 5.33. The van der Waals surface area contributed by atoms with Crippen LogP contribution < -0.4 is 34.1 Å². The molecule has 3 rings (SSSR count). The number of hydrogen-bond donors (Lipinski definition) is 0. The molecule has 154 valence electrons. The molecular weight excluding hydrogens is 439 g/mol. The van der Waals surface area contributed by atoms with E-state index in [-0.39, 0.29) is 39.3 Å². The van der Waals surface area contributed by atoms with Crippen molar-refractivity contribution in [2.24, 2.45) is 0 Å². The molecule has 0 fully saturated rings. The minimum Gasteiger partial charge on any atom is -0.744 e. The van der Waals surface area contributed by atoms with Crippen LogP contribution in [0.3, 0.4) is 0 Å². The summed E-state index contributed by atoms with van der Waals surface area (Å²) in [5.41, 5.74) is 3.91. The van der Waals surface area contributed by atoms with E-state index in [2.05, 4.69) is 0 Å². The Hall–Kier alpha value is -1.53. The van der Waals surface area contributed by atoms with Gasteiger partial charge in [-0.2, -0.15) is 0 Å². The van der Waals surface area contributed by atoms with Gasteiger partial charge in [-0.15, -0.1) is 0 Å². The Morgan fingerprint density at radius 2 is 1.17 bits per heavy atom. The van der Waals surface area contributed by atoms with Crippen LogP contribution >= 0.6 is 0 Å². The fourth-order valence-corrected chi connectivity index (χ4v) is 4.84. The van der Waals surface area contributed by atoms with Crippen molar-refractivity contribution >= 4 is 20.2 Å². The molecule has 0 spiro atoms. The molecule has 1 aromatic heterocycles. The van der Waals surface area contributed by atoms with E-state index in [1.807, 2.05) is 0 Å². The number of imidazole rings is 1. The van der Waals surface area contributed by atoms with Crippen molar-refractivity contribution in [3.05, 3.63) is 65.2 Å². The van der Waals surface area contributed by atoms with Crippen LogP contribution in [0.2, 0.25) is 0 Å². The van der Waals surface area contributed by atoms with Crippen LogP contribution in [0.4, 0.5) is 0 Å². The molecule has 2 aromatic carbocycles. The Morgan fingerprint density at radius 1 is 0.767 bits per heavy atom. The molecule has 0 bridgehead atoms. The van der Waals surface area contributed by atoms with Crippen molar-refractivity contribution in [2.75, 3.05) is 0 Å². The minimum atomic E-state index is -4.55. The minimum absolute atomic E-state index is 0. The first-order valence-corrected chi connectivity index (χ1v) is 11.3. The smallest absolute Gasteiger partial charge is 0.744 e. The number of aromatic nitrogens is 2. The molecule has 0 atom stereocenters. The van der Waals surface area contributed by atoms with Gasteiger partial charge in [0.25, 0.3) is 6.33 Å². The van der Waals surface area contributed by atoms with Gasteiger partial charge in [-0.25, -0.2) is 26.0 Å². The Balaban J connectivity index is 0.00000320. The maximum Gasteiger partial charge on any atom is 1.00 e. The molecule has 3 aromatic rings. The molecule has 0 aliphatic carbocycles. The fourth-order valence-electron chi connectivity index (χ4n) is 3.55. The van der Waals surface area contributed by atoms with E-state index in [1.54, 1.807) is 55.6 Å². The van der Waals surface area contributed by atoms with Crippen LogP contribution in [0.5, 0.6) is 0 Å². The second-order valence-electron chi connectivity index (χ2n) is 6.95. The molecule has 8 nitrogen and oxygen atoms in total. The van der Waals surface area contributed by atoms with Crippen molar-refractivity contribution in [3.63, 3.8) is 0 Å². The topological polar surface area (TPSA) is 123 Å². The predicted octanol–water partition coefficient (Wildman–Crippen LogP) is -1.20. The van der Waals surface area contributed by atoms with Crippen LogP contribution in [0.15, 0.2) is 52.8 Å². The quantitative estimate of drug-likeness (QED) is 0.275. The van der Waals surface area contributed by atoms with Gasteiger partial charge in [0.1, 0.15) is 44.0 Å². The van der Waals surface area contributed by atoms with Gasteiger partial charge < -0.3 is 9.11 Å². The van der Waals surface area contributed by atoms with Crippen LogP contribution in [0.1, 0.15) is 22.3 Å². The van der Waals surface area contributed by atoms with Crippen molar-refractivity contribution < 1.29 is 60.1 Å². The first-order valence-electron chi connectivity index (χ1n) is 8.53. The molecule has 0 saturated heterocycles. The third-order valence-electron chi connectivity index (χ3n) is 4.66. The van der Waals surface area contributed by atoms with Gasteiger partial charge in [0.05, 0.1) is 9.79 Å². The van der Waals surface area contributed by atoms with E-state index >= 15 is 0 Å². The third-order valence-corrected chi connectivity index (χ3v) is 6.29. The van der Waals surface area contributed by atoms with Crippen molar-refractivity contribution in [2.45, 2.75) is 37.5 Å². The Labute approximate surface area is 198 Å². The van der Waals surface area contributed by atoms with Gasteiger partial charge in [-0.05, 0) is 74.2 Å². The molecule has 0 unspecified atom stereocenters. The van der Waals surface area contributed by atoms with Crippen molar-refractivity contribution in [3.8, 4) is 11.4 Å². The number of benzene rings is 2. The predicted molar refractivity (Wildman–Crippen MR) is 102 cm³/mol. The second kappa shape index (κ2) is 8.54. The summed E-state index contributed by atoms with van der Waals surface area (Å²) >= 11 is 0. The van der Waals surface area contributed by atoms with E-state index in [4.69, 9.17) is 0 Å². The van der Waals surface area contributed by atoms with Gasteiger partial charge in [0.15, 0.2) is 0 Å². The van der Waals surface area contributed by atoms with Crippen LogP contribution in [-0.2, 0) is 20.2 Å². The average Bonchev–Trinajstić information content (AvgIpc) is 3.00. The molecule has 30 heavy (non-hydrogen) atoms. The largest absolute Gasteiger partial charge is 1.00 e. The molecule has 0 amide bonds. The van der Waals surface area contributed by atoms with Gasteiger partial charge in [0.2, 0.25) is 0 Å². The molecule has 1 heterocycles. The number of hydrogen-bond acceptors (Lipinski definition) is 6. The van der Waals surface area contributed by atoms with E-state index in [0.29, 0.717) is 22.3 Å². The molecule has 0 radical (unpaired) electrons. The average molecular weight is 458 g/mol. The van der Waals surface area contributed by atoms with Gasteiger partial charge in [-0.3, -0.25) is 0 Å². The Bertz CT molecular complexity index is 1200. The normalized spacial score (nSPS) is 11.9. The van der Waals surface area contributed by atoms with E-state index in [0.717, 1.165) is 11.4 Å². The van der Waals surface area contributed by atoms with Crippen LogP contribution in [0.25, 0.3) is 11.4 Å². The molecule has 0 aliphatic rings. The zero-order chi connectivity index (χ0) is 21.7. The van der Waals surface area contributed by atoms with Crippen LogP contribution in [-0.4, -0.2) is 30.5 Å². The Kier molecular flexibility index (Phi) is 7.04. The third kappa shape index (κ3) is 4.86.